The van der Waals surface area contributed by atoms with Gasteiger partial charge in [0.25, 0.3) is 0 Å². The van der Waals surface area contributed by atoms with Crippen molar-refractivity contribution in [2.24, 2.45) is 69.0 Å². The molecular weight excluding hydrogens is 826 g/mol. The van der Waals surface area contributed by atoms with Crippen LogP contribution in [0.5, 0.6) is 0 Å². The van der Waals surface area contributed by atoms with Gasteiger partial charge in [-0.3, -0.25) is 33.7 Å². The molecule has 10 rings (SSSR count). The SMILES string of the molecule is C.C.CC1=C(C)C2(C)C3C(=O)OC(=O)C3C1(C)C1C(=O)OC(=O)C12.CC1=C(C)C2(C)C3C(=O)[N-]C(=O)C3C1(C)C1C(=O)N(C)C(=O)C12.[CH3-].[NH2-].[NH2-].[Y].[Y]. The van der Waals surface area contributed by atoms with Crippen LogP contribution in [0.1, 0.15) is 70.2 Å². The van der Waals surface area contributed by atoms with Gasteiger partial charge in [0.1, 0.15) is 0 Å². The van der Waals surface area contributed by atoms with Gasteiger partial charge in [-0.15, -0.1) is 0 Å². The molecule has 10 atom stereocenters. The number of nitrogens with zero attached hydrogens (tertiary/aromatic N) is 2. The van der Waals surface area contributed by atoms with Gasteiger partial charge in [-0.1, -0.05) is 64.8 Å². The molecule has 0 aromatic carbocycles. The zero-order chi connectivity index (χ0) is 33.2. The summed E-state index contributed by atoms with van der Waals surface area (Å²) in [6, 6.07) is 0. The number of hydrogen-bond donors (Lipinski definition) is 0. The van der Waals surface area contributed by atoms with Crippen molar-refractivity contribution in [1.82, 2.24) is 4.90 Å². The number of nitrogens with two attached hydrogens (primary N) is 2. The van der Waals surface area contributed by atoms with Crippen LogP contribution in [0.25, 0.3) is 17.6 Å². The fraction of sp³-hybridized carbons (Fsp3) is 0.639. The molecule has 2 saturated carbocycles. The Kier molecular flexibility index (Phi) is 14.2. The Morgan fingerprint density at radius 1 is 0.481 bits per heavy atom. The molecule has 10 unspecified atom stereocenters. The van der Waals surface area contributed by atoms with E-state index in [4.69, 9.17) is 9.47 Å². The van der Waals surface area contributed by atoms with Gasteiger partial charge >= 0.3 is 23.9 Å². The van der Waals surface area contributed by atoms with Crippen molar-refractivity contribution in [3.8, 4) is 0 Å². The van der Waals surface area contributed by atoms with E-state index in [-0.39, 0.29) is 112 Å². The normalized spacial score (nSPS) is 42.1. The Balaban J connectivity index is 0.000000882. The van der Waals surface area contributed by atoms with Crippen LogP contribution in [-0.2, 0) is 113 Å². The van der Waals surface area contributed by atoms with E-state index in [1.54, 1.807) is 13.8 Å². The van der Waals surface area contributed by atoms with Crippen LogP contribution in [0.2, 0.25) is 0 Å². The summed E-state index contributed by atoms with van der Waals surface area (Å²) in [5.41, 5.74) is 0.219. The molecule has 4 aliphatic heterocycles. The average molecular weight is 877 g/mol. The monoisotopic (exact) mass is 876 g/mol. The summed E-state index contributed by atoms with van der Waals surface area (Å²) in [7, 11) is 1.49. The van der Waals surface area contributed by atoms with E-state index in [1.807, 2.05) is 41.5 Å². The third-order valence-electron chi connectivity index (χ3n) is 14.2. The number of allylic oxidation sites excluding steroid dienone is 4. The van der Waals surface area contributed by atoms with E-state index in [9.17, 15) is 38.4 Å². The van der Waals surface area contributed by atoms with E-state index in [2.05, 4.69) is 5.32 Å². The first-order chi connectivity index (χ1) is 20.8. The second-order valence-corrected chi connectivity index (χ2v) is 15.0. The van der Waals surface area contributed by atoms with Gasteiger partial charge in [0.05, 0.1) is 47.3 Å². The van der Waals surface area contributed by atoms with Crippen molar-refractivity contribution in [3.63, 3.8) is 0 Å². The molecular formula is C36H50N4O10Y2-4. The summed E-state index contributed by atoms with van der Waals surface area (Å²) in [4.78, 5) is 101. The third-order valence-corrected chi connectivity index (χ3v) is 14.2. The van der Waals surface area contributed by atoms with Crippen molar-refractivity contribution in [1.29, 1.82) is 0 Å². The summed E-state index contributed by atoms with van der Waals surface area (Å²) < 4.78 is 9.77. The minimum Gasteiger partial charge on any atom is -0.693 e. The summed E-state index contributed by atoms with van der Waals surface area (Å²) in [5, 5.41) is 3.69. The van der Waals surface area contributed by atoms with Crippen molar-refractivity contribution < 1.29 is 113 Å². The first-order valence-corrected chi connectivity index (χ1v) is 15.2. The molecule has 0 aromatic heterocycles. The van der Waals surface area contributed by atoms with Gasteiger partial charge < -0.3 is 44.1 Å². The molecule has 4 saturated heterocycles. The number of ether oxygens (including phenoxy) is 2. The Bertz CT molecular complexity index is 1580. The maximum absolute atomic E-state index is 12.8. The van der Waals surface area contributed by atoms with Crippen LogP contribution in [-0.4, -0.2) is 59.5 Å². The number of hydrogen-bond acceptors (Lipinski definition) is 10. The molecule has 284 valence electrons. The van der Waals surface area contributed by atoms with Crippen molar-refractivity contribution in [2.75, 3.05) is 7.05 Å². The summed E-state index contributed by atoms with van der Waals surface area (Å²) >= 11 is 0. The number of imide groups is 2. The van der Waals surface area contributed by atoms with Gasteiger partial charge in [-0.05, 0) is 27.7 Å². The van der Waals surface area contributed by atoms with Crippen LogP contribution < -0.4 is 0 Å². The molecule has 2 radical (unpaired) electrons. The molecule has 0 aromatic rings. The average Bonchev–Trinajstić information content (AvgIpc) is 3.64. The standard InChI is InChI=1S/C17H20N2O4.C16H16O6.2CH4.CH3.2H2N.2Y/c1-6-7(2)17(4)9-8(12(20)18-13(9)21)16(6,3)10-11(17)15(23)19(5)14(10)22;1-5-6(2)16(4)9-7(11(17)21-13(9)19)15(5,3)8-10(16)14(20)22-12(8)18;;;;;;;/h8-11H,1-5H3,(H,18,20,21);7-10H,1-4H3;2*1H4;1H3;2*1H2;;/q;;;;3*-1;;/p-1. The van der Waals surface area contributed by atoms with E-state index in [0.717, 1.165) is 22.3 Å². The predicted octanol–water partition coefficient (Wildman–Crippen LogP) is 5.41. The van der Waals surface area contributed by atoms with Crippen molar-refractivity contribution in [3.05, 3.63) is 47.3 Å². The quantitative estimate of drug-likeness (QED) is 0.0985. The molecule has 0 spiro atoms. The van der Waals surface area contributed by atoms with Gasteiger partial charge in [0, 0.05) is 106 Å². The number of esters is 4. The molecule has 16 heteroatoms. The Labute approximate surface area is 356 Å². The van der Waals surface area contributed by atoms with E-state index in [0.29, 0.717) is 0 Å². The third kappa shape index (κ3) is 5.02. The van der Waals surface area contributed by atoms with Gasteiger partial charge in [-0.2, -0.15) is 0 Å². The smallest absolute Gasteiger partial charge is 0.318 e. The minimum absolute atomic E-state index is 0. The van der Waals surface area contributed by atoms with E-state index >= 15 is 0 Å². The Morgan fingerprint density at radius 3 is 0.923 bits per heavy atom. The van der Waals surface area contributed by atoms with Gasteiger partial charge in [-0.25, -0.2) is 0 Å². The minimum atomic E-state index is -0.913. The molecule has 4 amide bonds. The molecule has 6 fully saturated rings. The molecule has 52 heavy (non-hydrogen) atoms. The second-order valence-electron chi connectivity index (χ2n) is 15.0. The van der Waals surface area contributed by atoms with Crippen molar-refractivity contribution >= 4 is 47.5 Å². The zero-order valence-electron chi connectivity index (χ0n) is 29.9. The summed E-state index contributed by atoms with van der Waals surface area (Å²) in [5.74, 6) is -9.09. The number of carbonyl (C=O) groups excluding carboxylic acids is 8. The molecule has 4 N–H and O–H groups in total. The number of cyclic esters (lactones) is 4. The van der Waals surface area contributed by atoms with Crippen LogP contribution in [0, 0.1) is 76.4 Å². The number of carbonyl (C=O) groups is 8. The van der Waals surface area contributed by atoms with Crippen LogP contribution >= 0.6 is 0 Å². The Hall–Kier alpha value is -1.83. The number of likely N-dealkylation sites (tertiary alicyclic amines) is 1. The molecule has 4 heterocycles. The first-order valence-electron chi connectivity index (χ1n) is 15.2. The number of rotatable bonds is 0. The second kappa shape index (κ2) is 14.7. The van der Waals surface area contributed by atoms with Gasteiger partial charge in [0.15, 0.2) is 0 Å². The molecule has 6 aliphatic carbocycles. The topological polar surface area (TPSA) is 239 Å². The molecule has 4 bridgehead atoms. The predicted molar refractivity (Wildman–Crippen MR) is 181 cm³/mol. The van der Waals surface area contributed by atoms with Crippen LogP contribution in [0.15, 0.2) is 22.3 Å². The van der Waals surface area contributed by atoms with E-state index in [1.165, 1.54) is 11.9 Å². The molecule has 10 aliphatic rings. The maximum atomic E-state index is 12.8. The van der Waals surface area contributed by atoms with E-state index < -0.39 is 105 Å². The fourth-order valence-corrected chi connectivity index (χ4v) is 11.4. The summed E-state index contributed by atoms with van der Waals surface area (Å²) in [6.07, 6.45) is 0. The maximum Gasteiger partial charge on any atom is 0.318 e. The van der Waals surface area contributed by atoms with Crippen LogP contribution in [0.4, 0.5) is 0 Å². The number of amides is 4. The largest absolute Gasteiger partial charge is 0.693 e. The molecule has 14 nitrogen and oxygen atoms in total. The Morgan fingerprint density at radius 2 is 0.692 bits per heavy atom. The van der Waals surface area contributed by atoms with Crippen molar-refractivity contribution in [2.45, 2.75) is 70.2 Å². The van der Waals surface area contributed by atoms with Gasteiger partial charge in [0.2, 0.25) is 11.8 Å². The zero-order valence-corrected chi connectivity index (χ0v) is 35.6. The summed E-state index contributed by atoms with van der Waals surface area (Å²) in [6.45, 7) is 14.8. The first kappa shape index (κ1) is 50.2. The fourth-order valence-electron chi connectivity index (χ4n) is 11.4. The van der Waals surface area contributed by atoms with Crippen LogP contribution in [0.3, 0.4) is 0 Å².